The molecule has 0 bridgehead atoms. The molecule has 2 heterocycles. The van der Waals surface area contributed by atoms with Crippen LogP contribution < -0.4 is 10.5 Å². The number of para-hydroxylation sites is 2. The van der Waals surface area contributed by atoms with Crippen LogP contribution in [-0.2, 0) is 11.8 Å². The molecule has 0 radical (unpaired) electrons. The molecular formula is C31H39N3O3. The highest BCUT2D eigenvalue weighted by Crippen LogP contribution is 2.51. The molecule has 0 spiro atoms. The number of aliphatic hydroxyl groups excluding tert-OH is 2. The van der Waals surface area contributed by atoms with E-state index in [9.17, 15) is 15.0 Å². The molecule has 1 fully saturated rings. The number of unbranched alkanes of at least 4 members (excludes halogenated alkanes) is 1. The van der Waals surface area contributed by atoms with E-state index in [1.54, 1.807) is 0 Å². The zero-order valence-electron chi connectivity index (χ0n) is 22.3. The molecule has 6 nitrogen and oxygen atoms in total. The van der Waals surface area contributed by atoms with Crippen molar-refractivity contribution in [1.29, 1.82) is 0 Å². The van der Waals surface area contributed by atoms with E-state index in [2.05, 4.69) is 68.0 Å². The minimum absolute atomic E-state index is 0.193. The summed E-state index contributed by atoms with van der Waals surface area (Å²) in [6.45, 7) is 9.57. The van der Waals surface area contributed by atoms with Crippen molar-refractivity contribution in [2.45, 2.75) is 76.9 Å². The molecule has 5 rings (SSSR count). The predicted octanol–water partition coefficient (Wildman–Crippen LogP) is 5.04. The number of aryl methyl sites for hydroxylation is 1. The first-order chi connectivity index (χ1) is 17.8. The minimum Gasteiger partial charge on any atom is -0.392 e. The van der Waals surface area contributed by atoms with Crippen molar-refractivity contribution in [1.82, 2.24) is 9.78 Å². The summed E-state index contributed by atoms with van der Waals surface area (Å²) >= 11 is 0. The Labute approximate surface area is 219 Å². The molecule has 0 amide bonds. The van der Waals surface area contributed by atoms with Gasteiger partial charge in [-0.2, -0.15) is 0 Å². The molecule has 2 atom stereocenters. The van der Waals surface area contributed by atoms with E-state index < -0.39 is 24.0 Å². The summed E-state index contributed by atoms with van der Waals surface area (Å²) in [5.74, 6) is -1.06. The van der Waals surface area contributed by atoms with Gasteiger partial charge in [-0.25, -0.2) is 4.68 Å². The van der Waals surface area contributed by atoms with Crippen molar-refractivity contribution < 1.29 is 10.2 Å². The topological polar surface area (TPSA) is 81.5 Å². The van der Waals surface area contributed by atoms with Gasteiger partial charge in [0.05, 0.1) is 17.9 Å². The third-order valence-electron chi connectivity index (χ3n) is 8.26. The van der Waals surface area contributed by atoms with Crippen LogP contribution in [0.25, 0.3) is 5.69 Å². The minimum atomic E-state index is -0.835. The van der Waals surface area contributed by atoms with E-state index in [0.29, 0.717) is 12.0 Å². The zero-order chi connectivity index (χ0) is 26.3. The Bertz CT molecular complexity index is 1330. The lowest BCUT2D eigenvalue weighted by Gasteiger charge is -2.46. The molecule has 1 aliphatic heterocycles. The van der Waals surface area contributed by atoms with E-state index in [1.165, 1.54) is 15.9 Å². The van der Waals surface area contributed by atoms with Gasteiger partial charge in [0.1, 0.15) is 0 Å². The molecule has 2 aromatic carbocycles. The second-order valence-corrected chi connectivity index (χ2v) is 11.0. The van der Waals surface area contributed by atoms with Gasteiger partial charge in [0.2, 0.25) is 0 Å². The summed E-state index contributed by atoms with van der Waals surface area (Å²) in [6, 6.07) is 17.9. The summed E-state index contributed by atoms with van der Waals surface area (Å²) in [5, 5.41) is 26.1. The van der Waals surface area contributed by atoms with Gasteiger partial charge in [0.15, 0.2) is 0 Å². The summed E-state index contributed by atoms with van der Waals surface area (Å²) in [7, 11) is 0. The number of anilines is 1. The number of fused-ring (bicyclic) bond motifs is 1. The normalized spacial score (nSPS) is 25.4. The fourth-order valence-corrected chi connectivity index (χ4v) is 6.20. The number of nitrogens with one attached hydrogen (secondary N) is 1. The standard InChI is InChI=1S/C31H39N3O3/c1-5-7-18-33-24-17-12-11-16-22(24)31(3,4)25(33)19-21-28(35)27(29(21)36)26-23(13-6-2)32-34(30(26)37)20-14-9-8-10-15-20/h8-12,14-17,19,21,27-29,32,35-36H,5-7,13,18H2,1-4H3. The number of nitrogens with zero attached hydrogens (tertiary/aromatic N) is 2. The van der Waals surface area contributed by atoms with Crippen LogP contribution in [0.15, 0.2) is 71.2 Å². The van der Waals surface area contributed by atoms with Crippen LogP contribution in [0.4, 0.5) is 5.69 Å². The smallest absolute Gasteiger partial charge is 0.275 e. The zero-order valence-corrected chi connectivity index (χ0v) is 22.3. The lowest BCUT2D eigenvalue weighted by Crippen LogP contribution is -2.54. The molecule has 1 saturated carbocycles. The van der Waals surface area contributed by atoms with Gasteiger partial charge < -0.3 is 15.1 Å². The third-order valence-corrected chi connectivity index (χ3v) is 8.26. The summed E-state index contributed by atoms with van der Waals surface area (Å²) in [5.41, 5.74) is 5.20. The Morgan fingerprint density at radius 1 is 0.973 bits per heavy atom. The molecule has 37 heavy (non-hydrogen) atoms. The van der Waals surface area contributed by atoms with Gasteiger partial charge in [-0.1, -0.05) is 83.0 Å². The first-order valence-corrected chi connectivity index (χ1v) is 13.7. The lowest BCUT2D eigenvalue weighted by molar-refractivity contribution is -0.0953. The number of hydrogen-bond donors (Lipinski definition) is 3. The quantitative estimate of drug-likeness (QED) is 0.404. The van der Waals surface area contributed by atoms with E-state index in [-0.39, 0.29) is 11.0 Å². The number of allylic oxidation sites excluding steroid dienone is 1. The van der Waals surface area contributed by atoms with Crippen LogP contribution in [-0.4, -0.2) is 38.7 Å². The van der Waals surface area contributed by atoms with Crippen molar-refractivity contribution in [2.75, 3.05) is 11.4 Å². The Morgan fingerprint density at radius 2 is 1.65 bits per heavy atom. The highest BCUT2D eigenvalue weighted by atomic mass is 16.3. The van der Waals surface area contributed by atoms with E-state index >= 15 is 0 Å². The first kappa shape index (κ1) is 25.6. The average Bonchev–Trinajstić information content (AvgIpc) is 3.32. The van der Waals surface area contributed by atoms with Gasteiger partial charge in [-0.3, -0.25) is 9.89 Å². The van der Waals surface area contributed by atoms with Crippen LogP contribution in [0.3, 0.4) is 0 Å². The second-order valence-electron chi connectivity index (χ2n) is 11.0. The molecule has 2 aliphatic rings. The van der Waals surface area contributed by atoms with E-state index in [4.69, 9.17) is 0 Å². The summed E-state index contributed by atoms with van der Waals surface area (Å²) < 4.78 is 1.54. The molecule has 3 aromatic rings. The number of aliphatic hydroxyl groups is 2. The molecule has 1 aromatic heterocycles. The third kappa shape index (κ3) is 4.16. The highest BCUT2D eigenvalue weighted by molar-refractivity contribution is 5.70. The molecule has 3 N–H and O–H groups in total. The lowest BCUT2D eigenvalue weighted by atomic mass is 9.64. The number of hydrogen-bond acceptors (Lipinski definition) is 4. The molecule has 2 unspecified atom stereocenters. The van der Waals surface area contributed by atoms with Crippen LogP contribution in [0.1, 0.15) is 69.7 Å². The monoisotopic (exact) mass is 501 g/mol. The van der Waals surface area contributed by atoms with E-state index in [0.717, 1.165) is 42.9 Å². The molecule has 196 valence electrons. The number of rotatable bonds is 8. The Kier molecular flexibility index (Phi) is 6.90. The number of aromatic amines is 1. The average molecular weight is 502 g/mol. The predicted molar refractivity (Wildman–Crippen MR) is 148 cm³/mol. The Balaban J connectivity index is 1.50. The largest absolute Gasteiger partial charge is 0.392 e. The Hall–Kier alpha value is -3.09. The molecule has 0 saturated heterocycles. The highest BCUT2D eigenvalue weighted by Gasteiger charge is 2.52. The van der Waals surface area contributed by atoms with Gasteiger partial charge in [0, 0.05) is 46.4 Å². The SMILES string of the molecule is CCCCN1C(=CC2C(O)C(c3c(CCC)[nH]n(-c4ccccc4)c3=O)C2O)C(C)(C)c2ccccc21. The van der Waals surface area contributed by atoms with Gasteiger partial charge in [-0.15, -0.1) is 0 Å². The second kappa shape index (κ2) is 9.99. The van der Waals surface area contributed by atoms with Crippen molar-refractivity contribution >= 4 is 5.69 Å². The van der Waals surface area contributed by atoms with Crippen molar-refractivity contribution in [2.24, 2.45) is 5.92 Å². The molecule has 1 aliphatic carbocycles. The van der Waals surface area contributed by atoms with Crippen molar-refractivity contribution in [3.63, 3.8) is 0 Å². The summed E-state index contributed by atoms with van der Waals surface area (Å²) in [4.78, 5) is 15.9. The molecule has 6 heteroatoms. The summed E-state index contributed by atoms with van der Waals surface area (Å²) in [6.07, 6.45) is 4.08. The maximum Gasteiger partial charge on any atom is 0.275 e. The molecular weight excluding hydrogens is 462 g/mol. The number of H-pyrrole nitrogens is 1. The fourth-order valence-electron chi connectivity index (χ4n) is 6.20. The van der Waals surface area contributed by atoms with Crippen LogP contribution in [0, 0.1) is 5.92 Å². The van der Waals surface area contributed by atoms with Gasteiger partial charge in [0.25, 0.3) is 5.56 Å². The number of aromatic nitrogens is 2. The van der Waals surface area contributed by atoms with Gasteiger partial charge in [-0.05, 0) is 36.6 Å². The maximum atomic E-state index is 13.5. The fraction of sp³-hybridized carbons (Fsp3) is 0.452. The first-order valence-electron chi connectivity index (χ1n) is 13.7. The van der Waals surface area contributed by atoms with Gasteiger partial charge >= 0.3 is 0 Å². The van der Waals surface area contributed by atoms with Crippen LogP contribution >= 0.6 is 0 Å². The van der Waals surface area contributed by atoms with Crippen molar-refractivity contribution in [3.8, 4) is 5.69 Å². The van der Waals surface area contributed by atoms with E-state index in [1.807, 2.05) is 30.3 Å². The maximum absolute atomic E-state index is 13.5. The number of benzene rings is 2. The van der Waals surface area contributed by atoms with Crippen LogP contribution in [0.2, 0.25) is 0 Å². The van der Waals surface area contributed by atoms with Crippen molar-refractivity contribution in [3.05, 3.63) is 93.5 Å². The van der Waals surface area contributed by atoms with Crippen LogP contribution in [0.5, 0.6) is 0 Å². The Morgan fingerprint density at radius 3 is 2.32 bits per heavy atom.